The molecule has 1 aliphatic carbocycles. The summed E-state index contributed by atoms with van der Waals surface area (Å²) in [5.41, 5.74) is 0.853. The molecule has 2 atom stereocenters. The zero-order valence-corrected chi connectivity index (χ0v) is 10.7. The van der Waals surface area contributed by atoms with Gasteiger partial charge in [-0.1, -0.05) is 24.4 Å². The number of ether oxygens (including phenoxy) is 1. The van der Waals surface area contributed by atoms with Crippen LogP contribution < -0.4 is 10.1 Å². The van der Waals surface area contributed by atoms with Crippen molar-refractivity contribution in [3.8, 4) is 5.75 Å². The number of aliphatic hydroxyl groups excluding tert-OH is 1. The second-order valence-corrected chi connectivity index (χ2v) is 4.88. The Kier molecular flexibility index (Phi) is 4.13. The van der Waals surface area contributed by atoms with Crippen LogP contribution in [0.2, 0.25) is 5.02 Å². The Morgan fingerprint density at radius 3 is 2.82 bits per heavy atom. The molecule has 1 aromatic rings. The summed E-state index contributed by atoms with van der Waals surface area (Å²) in [6.45, 7) is 0. The Balaban J connectivity index is 2.13. The minimum absolute atomic E-state index is 0.0936. The second-order valence-electron chi connectivity index (χ2n) is 4.45. The van der Waals surface area contributed by atoms with E-state index >= 15 is 0 Å². The zero-order valence-electron chi connectivity index (χ0n) is 9.95. The van der Waals surface area contributed by atoms with E-state index in [9.17, 15) is 5.11 Å². The van der Waals surface area contributed by atoms with Crippen LogP contribution in [0.15, 0.2) is 18.2 Å². The molecule has 94 valence electrons. The third-order valence-corrected chi connectivity index (χ3v) is 3.47. The summed E-state index contributed by atoms with van der Waals surface area (Å²) in [6, 6.07) is 5.56. The largest absolute Gasteiger partial charge is 0.495 e. The average molecular weight is 256 g/mol. The number of anilines is 1. The first kappa shape index (κ1) is 12.5. The first-order chi connectivity index (χ1) is 8.20. The molecule has 1 saturated carbocycles. The number of halogens is 1. The molecule has 0 bridgehead atoms. The molecule has 0 heterocycles. The number of benzene rings is 1. The molecule has 0 spiro atoms. The van der Waals surface area contributed by atoms with Crippen molar-refractivity contribution in [3.05, 3.63) is 23.2 Å². The van der Waals surface area contributed by atoms with Gasteiger partial charge < -0.3 is 15.2 Å². The highest BCUT2D eigenvalue weighted by Gasteiger charge is 2.23. The lowest BCUT2D eigenvalue weighted by atomic mass is 9.92. The number of rotatable bonds is 3. The first-order valence-electron chi connectivity index (χ1n) is 5.99. The highest BCUT2D eigenvalue weighted by Crippen LogP contribution is 2.30. The third-order valence-electron chi connectivity index (χ3n) is 3.23. The van der Waals surface area contributed by atoms with E-state index in [4.69, 9.17) is 16.3 Å². The Morgan fingerprint density at radius 1 is 1.35 bits per heavy atom. The summed E-state index contributed by atoms with van der Waals surface area (Å²) in [5.74, 6) is 0.757. The summed E-state index contributed by atoms with van der Waals surface area (Å²) in [6.07, 6.45) is 3.81. The van der Waals surface area contributed by atoms with E-state index in [0.29, 0.717) is 5.02 Å². The van der Waals surface area contributed by atoms with Crippen LogP contribution in [-0.2, 0) is 0 Å². The van der Waals surface area contributed by atoms with Crippen LogP contribution in [0.25, 0.3) is 0 Å². The third kappa shape index (κ3) is 3.05. The van der Waals surface area contributed by atoms with Gasteiger partial charge in [0.15, 0.2) is 0 Å². The predicted octanol–water partition coefficient (Wildman–Crippen LogP) is 3.06. The van der Waals surface area contributed by atoms with E-state index < -0.39 is 0 Å². The molecule has 1 fully saturated rings. The molecule has 17 heavy (non-hydrogen) atoms. The molecule has 0 radical (unpaired) electrons. The lowest BCUT2D eigenvalue weighted by molar-refractivity contribution is 0.116. The monoisotopic (exact) mass is 255 g/mol. The van der Waals surface area contributed by atoms with Crippen LogP contribution in [0.1, 0.15) is 25.7 Å². The molecule has 1 aromatic carbocycles. The lowest BCUT2D eigenvalue weighted by Gasteiger charge is -2.29. The molecule has 0 amide bonds. The number of methoxy groups -OCH3 is 1. The van der Waals surface area contributed by atoms with Gasteiger partial charge in [-0.2, -0.15) is 0 Å². The molecular weight excluding hydrogens is 238 g/mol. The standard InChI is InChI=1S/C13H18ClNO2/c1-17-13-7-6-9(14)8-11(13)15-10-4-2-3-5-12(10)16/h6-8,10,12,15-16H,2-5H2,1H3/t10-,12-/m0/s1. The molecule has 1 aliphatic rings. The summed E-state index contributed by atoms with van der Waals surface area (Å²) in [5, 5.41) is 13.9. The van der Waals surface area contributed by atoms with Gasteiger partial charge in [-0.3, -0.25) is 0 Å². The van der Waals surface area contributed by atoms with E-state index in [1.807, 2.05) is 12.1 Å². The fourth-order valence-electron chi connectivity index (χ4n) is 2.27. The maximum atomic E-state index is 9.93. The minimum atomic E-state index is -0.285. The molecule has 2 rings (SSSR count). The van der Waals surface area contributed by atoms with E-state index in [0.717, 1.165) is 37.1 Å². The first-order valence-corrected chi connectivity index (χ1v) is 6.36. The van der Waals surface area contributed by atoms with Crippen LogP contribution in [0.4, 0.5) is 5.69 Å². The molecular formula is C13H18ClNO2. The molecule has 0 aromatic heterocycles. The van der Waals surface area contributed by atoms with Crippen LogP contribution in [-0.4, -0.2) is 24.4 Å². The fourth-order valence-corrected chi connectivity index (χ4v) is 2.44. The zero-order chi connectivity index (χ0) is 12.3. The summed E-state index contributed by atoms with van der Waals surface area (Å²) in [4.78, 5) is 0. The summed E-state index contributed by atoms with van der Waals surface area (Å²) < 4.78 is 5.27. The number of hydrogen-bond acceptors (Lipinski definition) is 3. The highest BCUT2D eigenvalue weighted by molar-refractivity contribution is 6.30. The van der Waals surface area contributed by atoms with E-state index in [1.165, 1.54) is 0 Å². The molecule has 3 nitrogen and oxygen atoms in total. The number of aliphatic hydroxyl groups is 1. The van der Waals surface area contributed by atoms with Gasteiger partial charge in [-0.15, -0.1) is 0 Å². The van der Waals surface area contributed by atoms with Crippen LogP contribution in [0.3, 0.4) is 0 Å². The fraction of sp³-hybridized carbons (Fsp3) is 0.538. The van der Waals surface area contributed by atoms with E-state index in [-0.39, 0.29) is 12.1 Å². The van der Waals surface area contributed by atoms with Crippen molar-refractivity contribution in [2.75, 3.05) is 12.4 Å². The Morgan fingerprint density at radius 2 is 2.12 bits per heavy atom. The van der Waals surface area contributed by atoms with Crippen LogP contribution >= 0.6 is 11.6 Å². The van der Waals surface area contributed by atoms with Crippen molar-refractivity contribution in [1.29, 1.82) is 0 Å². The molecule has 0 unspecified atom stereocenters. The quantitative estimate of drug-likeness (QED) is 0.872. The minimum Gasteiger partial charge on any atom is -0.495 e. The van der Waals surface area contributed by atoms with Gasteiger partial charge in [-0.25, -0.2) is 0 Å². The maximum Gasteiger partial charge on any atom is 0.142 e. The van der Waals surface area contributed by atoms with Gasteiger partial charge >= 0.3 is 0 Å². The number of nitrogens with one attached hydrogen (secondary N) is 1. The van der Waals surface area contributed by atoms with Gasteiger partial charge in [0, 0.05) is 5.02 Å². The molecule has 0 saturated heterocycles. The normalized spacial score (nSPS) is 24.4. The SMILES string of the molecule is COc1ccc(Cl)cc1N[C@H]1CCCC[C@@H]1O. The molecule has 0 aliphatic heterocycles. The Hall–Kier alpha value is -0.930. The van der Waals surface area contributed by atoms with Crippen molar-refractivity contribution < 1.29 is 9.84 Å². The Bertz CT molecular complexity index is 384. The van der Waals surface area contributed by atoms with Gasteiger partial charge in [0.2, 0.25) is 0 Å². The lowest BCUT2D eigenvalue weighted by Crippen LogP contribution is -2.36. The van der Waals surface area contributed by atoms with E-state index in [2.05, 4.69) is 5.32 Å². The topological polar surface area (TPSA) is 41.5 Å². The van der Waals surface area contributed by atoms with E-state index in [1.54, 1.807) is 13.2 Å². The van der Waals surface area contributed by atoms with Crippen molar-refractivity contribution in [2.45, 2.75) is 37.8 Å². The highest BCUT2D eigenvalue weighted by atomic mass is 35.5. The number of hydrogen-bond donors (Lipinski definition) is 2. The summed E-state index contributed by atoms with van der Waals surface area (Å²) >= 11 is 5.97. The second kappa shape index (κ2) is 5.61. The van der Waals surface area contributed by atoms with Crippen molar-refractivity contribution in [3.63, 3.8) is 0 Å². The van der Waals surface area contributed by atoms with Crippen molar-refractivity contribution in [2.24, 2.45) is 0 Å². The maximum absolute atomic E-state index is 9.93. The van der Waals surface area contributed by atoms with Crippen molar-refractivity contribution >= 4 is 17.3 Å². The van der Waals surface area contributed by atoms with Crippen molar-refractivity contribution in [1.82, 2.24) is 0 Å². The smallest absolute Gasteiger partial charge is 0.142 e. The van der Waals surface area contributed by atoms with Gasteiger partial charge in [0.1, 0.15) is 5.75 Å². The predicted molar refractivity (Wildman–Crippen MR) is 69.9 cm³/mol. The van der Waals surface area contributed by atoms with Crippen LogP contribution in [0.5, 0.6) is 5.75 Å². The van der Waals surface area contributed by atoms with Gasteiger partial charge in [-0.05, 0) is 31.0 Å². The van der Waals surface area contributed by atoms with Crippen LogP contribution in [0, 0.1) is 0 Å². The summed E-state index contributed by atoms with van der Waals surface area (Å²) in [7, 11) is 1.63. The van der Waals surface area contributed by atoms with Gasteiger partial charge in [0.25, 0.3) is 0 Å². The Labute approximate surface area is 107 Å². The average Bonchev–Trinajstić information content (AvgIpc) is 2.32. The molecule has 4 heteroatoms. The molecule has 2 N–H and O–H groups in total. The van der Waals surface area contributed by atoms with Gasteiger partial charge in [0.05, 0.1) is 24.9 Å².